The highest BCUT2D eigenvalue weighted by atomic mass is 16.5. The van der Waals surface area contributed by atoms with Gasteiger partial charge in [-0.25, -0.2) is 4.98 Å². The van der Waals surface area contributed by atoms with Crippen LogP contribution in [0.5, 0.6) is 0 Å². The molecule has 0 radical (unpaired) electrons. The monoisotopic (exact) mass is 327 g/mol. The zero-order chi connectivity index (χ0) is 16.8. The number of hydrogen-bond donors (Lipinski definition) is 1. The average Bonchev–Trinajstić information content (AvgIpc) is 3.26. The van der Waals surface area contributed by atoms with E-state index in [2.05, 4.69) is 22.4 Å². The summed E-state index contributed by atoms with van der Waals surface area (Å²) in [5, 5.41) is 3.07. The Morgan fingerprint density at radius 1 is 1.33 bits per heavy atom. The van der Waals surface area contributed by atoms with Gasteiger partial charge in [-0.05, 0) is 43.7 Å². The minimum absolute atomic E-state index is 0.0295. The first-order valence-corrected chi connectivity index (χ1v) is 8.68. The van der Waals surface area contributed by atoms with Crippen molar-refractivity contribution in [3.63, 3.8) is 0 Å². The zero-order valence-corrected chi connectivity index (χ0v) is 14.2. The van der Waals surface area contributed by atoms with Crippen LogP contribution in [0.25, 0.3) is 0 Å². The van der Waals surface area contributed by atoms with Crippen LogP contribution in [0.1, 0.15) is 43.7 Å². The normalized spacial score (nSPS) is 16.2. The average molecular weight is 327 g/mol. The van der Waals surface area contributed by atoms with Crippen LogP contribution in [-0.4, -0.2) is 27.7 Å². The number of nitrogens with zero attached hydrogens (tertiary/aromatic N) is 2. The van der Waals surface area contributed by atoms with E-state index >= 15 is 0 Å². The third kappa shape index (κ3) is 3.85. The molecule has 2 aromatic rings. The molecule has 1 heterocycles. The first-order chi connectivity index (χ1) is 11.7. The molecule has 1 aliphatic carbocycles. The summed E-state index contributed by atoms with van der Waals surface area (Å²) in [7, 11) is 0. The van der Waals surface area contributed by atoms with Crippen molar-refractivity contribution in [3.05, 3.63) is 54.1 Å². The summed E-state index contributed by atoms with van der Waals surface area (Å²) in [5.74, 6) is 0.0295. The number of rotatable bonds is 7. The second kappa shape index (κ2) is 7.62. The van der Waals surface area contributed by atoms with Crippen LogP contribution in [0, 0.1) is 0 Å². The topological polar surface area (TPSA) is 56.1 Å². The molecule has 1 aromatic heterocycles. The van der Waals surface area contributed by atoms with Gasteiger partial charge >= 0.3 is 0 Å². The summed E-state index contributed by atoms with van der Waals surface area (Å²) in [4.78, 5) is 16.7. The Hall–Kier alpha value is -2.14. The van der Waals surface area contributed by atoms with Crippen LogP contribution in [0.3, 0.4) is 0 Å². The Morgan fingerprint density at radius 3 is 2.83 bits per heavy atom. The Kier molecular flexibility index (Phi) is 5.30. The van der Waals surface area contributed by atoms with Gasteiger partial charge in [-0.3, -0.25) is 4.79 Å². The van der Waals surface area contributed by atoms with Gasteiger partial charge in [-0.1, -0.05) is 24.3 Å². The summed E-state index contributed by atoms with van der Waals surface area (Å²) in [6.45, 7) is 3.84. The third-order valence-corrected chi connectivity index (χ3v) is 4.61. The molecule has 0 atom stereocenters. The van der Waals surface area contributed by atoms with E-state index in [0.717, 1.165) is 37.8 Å². The number of ether oxygens (including phenoxy) is 1. The highest BCUT2D eigenvalue weighted by Gasteiger charge is 2.41. The second-order valence-electron chi connectivity index (χ2n) is 6.37. The van der Waals surface area contributed by atoms with Crippen LogP contribution in [-0.2, 0) is 22.6 Å². The predicted molar refractivity (Wildman–Crippen MR) is 92.4 cm³/mol. The van der Waals surface area contributed by atoms with E-state index in [4.69, 9.17) is 4.74 Å². The Morgan fingerprint density at radius 2 is 2.12 bits per heavy atom. The Labute approximate surface area is 143 Å². The van der Waals surface area contributed by atoms with Crippen molar-refractivity contribution in [1.29, 1.82) is 0 Å². The van der Waals surface area contributed by atoms with Gasteiger partial charge in [0.05, 0.1) is 6.33 Å². The smallest absolute Gasteiger partial charge is 0.252 e. The van der Waals surface area contributed by atoms with Gasteiger partial charge in [0.2, 0.25) is 0 Å². The number of hydrogen-bond acceptors (Lipinski definition) is 3. The fourth-order valence-corrected chi connectivity index (χ4v) is 3.43. The zero-order valence-electron chi connectivity index (χ0n) is 14.2. The fourth-order valence-electron chi connectivity index (χ4n) is 3.43. The van der Waals surface area contributed by atoms with Crippen LogP contribution >= 0.6 is 0 Å². The second-order valence-corrected chi connectivity index (χ2v) is 6.37. The molecule has 1 aliphatic rings. The van der Waals surface area contributed by atoms with Crippen molar-refractivity contribution < 1.29 is 9.53 Å². The van der Waals surface area contributed by atoms with Crippen molar-refractivity contribution in [2.24, 2.45) is 0 Å². The molecule has 3 rings (SSSR count). The summed E-state index contributed by atoms with van der Waals surface area (Å²) in [6.07, 6.45) is 9.31. The number of carbonyl (C=O) groups excluding carboxylic acids is 1. The van der Waals surface area contributed by atoms with Crippen LogP contribution < -0.4 is 5.32 Å². The summed E-state index contributed by atoms with van der Waals surface area (Å²) in [6, 6.07) is 8.29. The molecule has 1 saturated carbocycles. The number of amides is 1. The largest absolute Gasteiger partial charge is 0.365 e. The standard InChI is InChI=1S/C19H25N3O2/c1-2-24-19(8-3-4-9-19)18(23)21-13-16-6-5-7-17(12-16)14-22-11-10-20-15-22/h5-7,10-12,15H,2-4,8-9,13-14H2,1H3,(H,21,23). The molecule has 1 N–H and O–H groups in total. The molecule has 0 aliphatic heterocycles. The molecule has 0 spiro atoms. The molecule has 1 amide bonds. The van der Waals surface area contributed by atoms with Crippen LogP contribution in [0.4, 0.5) is 0 Å². The maximum atomic E-state index is 12.6. The van der Waals surface area contributed by atoms with E-state index in [0.29, 0.717) is 13.2 Å². The van der Waals surface area contributed by atoms with Gasteiger partial charge in [-0.2, -0.15) is 0 Å². The SMILES string of the molecule is CCOC1(C(=O)NCc2cccc(Cn3ccnc3)c2)CCCC1. The minimum Gasteiger partial charge on any atom is -0.365 e. The molecule has 1 fully saturated rings. The van der Waals surface area contributed by atoms with E-state index in [1.165, 1.54) is 5.56 Å². The number of nitrogens with one attached hydrogen (secondary N) is 1. The van der Waals surface area contributed by atoms with E-state index in [-0.39, 0.29) is 5.91 Å². The third-order valence-electron chi connectivity index (χ3n) is 4.61. The van der Waals surface area contributed by atoms with Gasteiger partial charge in [0.1, 0.15) is 5.60 Å². The van der Waals surface area contributed by atoms with Crippen molar-refractivity contribution in [1.82, 2.24) is 14.9 Å². The predicted octanol–water partition coefficient (Wildman–Crippen LogP) is 2.90. The van der Waals surface area contributed by atoms with Crippen molar-refractivity contribution >= 4 is 5.91 Å². The molecule has 128 valence electrons. The maximum Gasteiger partial charge on any atom is 0.252 e. The van der Waals surface area contributed by atoms with Crippen molar-refractivity contribution in [2.75, 3.05) is 6.61 Å². The Bertz CT molecular complexity index is 661. The van der Waals surface area contributed by atoms with E-state index in [1.54, 1.807) is 12.5 Å². The maximum absolute atomic E-state index is 12.6. The van der Waals surface area contributed by atoms with Crippen molar-refractivity contribution in [3.8, 4) is 0 Å². The lowest BCUT2D eigenvalue weighted by Gasteiger charge is -2.27. The minimum atomic E-state index is -0.608. The van der Waals surface area contributed by atoms with Gasteiger partial charge in [0.25, 0.3) is 5.91 Å². The lowest BCUT2D eigenvalue weighted by Crippen LogP contribution is -2.46. The molecule has 24 heavy (non-hydrogen) atoms. The lowest BCUT2D eigenvalue weighted by atomic mass is 10.0. The van der Waals surface area contributed by atoms with Gasteiger partial charge in [-0.15, -0.1) is 0 Å². The molecule has 0 bridgehead atoms. The summed E-state index contributed by atoms with van der Waals surface area (Å²) < 4.78 is 7.84. The van der Waals surface area contributed by atoms with E-state index in [1.807, 2.05) is 29.8 Å². The highest BCUT2D eigenvalue weighted by Crippen LogP contribution is 2.33. The van der Waals surface area contributed by atoms with Crippen LogP contribution in [0.2, 0.25) is 0 Å². The van der Waals surface area contributed by atoms with Gasteiger partial charge < -0.3 is 14.6 Å². The summed E-state index contributed by atoms with van der Waals surface area (Å²) >= 11 is 0. The molecule has 1 aromatic carbocycles. The first kappa shape index (κ1) is 16.7. The van der Waals surface area contributed by atoms with Gasteiger partial charge in [0.15, 0.2) is 0 Å². The van der Waals surface area contributed by atoms with E-state index < -0.39 is 5.60 Å². The molecule has 5 heteroatoms. The quantitative estimate of drug-likeness (QED) is 0.851. The highest BCUT2D eigenvalue weighted by molar-refractivity contribution is 5.85. The summed E-state index contributed by atoms with van der Waals surface area (Å²) in [5.41, 5.74) is 1.69. The number of carbonyl (C=O) groups is 1. The molecular formula is C19H25N3O2. The fraction of sp³-hybridized carbons (Fsp3) is 0.474. The van der Waals surface area contributed by atoms with Crippen LogP contribution in [0.15, 0.2) is 43.0 Å². The molecule has 5 nitrogen and oxygen atoms in total. The van der Waals surface area contributed by atoms with Crippen molar-refractivity contribution in [2.45, 2.75) is 51.3 Å². The number of aromatic nitrogens is 2. The molecular weight excluding hydrogens is 302 g/mol. The first-order valence-electron chi connectivity index (χ1n) is 8.68. The Balaban J connectivity index is 1.60. The number of imidazole rings is 1. The molecule has 0 unspecified atom stereocenters. The number of benzene rings is 1. The molecule has 0 saturated heterocycles. The lowest BCUT2D eigenvalue weighted by molar-refractivity contribution is -0.146. The van der Waals surface area contributed by atoms with E-state index in [9.17, 15) is 4.79 Å². The van der Waals surface area contributed by atoms with Gasteiger partial charge in [0, 0.05) is 32.1 Å².